The van der Waals surface area contributed by atoms with E-state index < -0.39 is 9.84 Å². The summed E-state index contributed by atoms with van der Waals surface area (Å²) in [5.74, 6) is 2.06. The van der Waals surface area contributed by atoms with Crippen LogP contribution in [0.5, 0.6) is 11.5 Å². The minimum atomic E-state index is -3.25. The average Bonchev–Trinajstić information content (AvgIpc) is 3.17. The van der Waals surface area contributed by atoms with Gasteiger partial charge in [0.15, 0.2) is 15.7 Å². The molecule has 0 spiro atoms. The Labute approximate surface area is 173 Å². The molecule has 0 fully saturated rings. The molecule has 148 valence electrons. The van der Waals surface area contributed by atoms with Crippen molar-refractivity contribution in [3.63, 3.8) is 0 Å². The first kappa shape index (κ1) is 19.4. The Morgan fingerprint density at radius 1 is 1.10 bits per heavy atom. The van der Waals surface area contributed by atoms with Crippen LogP contribution < -0.4 is 4.74 Å². The minimum absolute atomic E-state index is 0.0536. The lowest BCUT2D eigenvalue weighted by Gasteiger charge is -2.10. The summed E-state index contributed by atoms with van der Waals surface area (Å²) >= 11 is 6.12. The van der Waals surface area contributed by atoms with Crippen LogP contribution in [-0.4, -0.2) is 29.1 Å². The van der Waals surface area contributed by atoms with Crippen molar-refractivity contribution < 1.29 is 13.2 Å². The Hall–Kier alpha value is -2.90. The Balaban J connectivity index is 1.68. The lowest BCUT2D eigenvalue weighted by molar-refractivity contribution is 0.478. The third-order valence-electron chi connectivity index (χ3n) is 4.51. The number of H-pyrrole nitrogens is 1. The SMILES string of the molecule is CCS(=O)(=O)c1ccc(Oc2cc3nc(-c4ccccn4)[nH]c3cc2CCl)cc1. The van der Waals surface area contributed by atoms with E-state index in [1.807, 2.05) is 30.3 Å². The second-order valence-electron chi connectivity index (χ2n) is 6.39. The van der Waals surface area contributed by atoms with Gasteiger partial charge in [-0.25, -0.2) is 13.4 Å². The van der Waals surface area contributed by atoms with Gasteiger partial charge in [-0.1, -0.05) is 13.0 Å². The van der Waals surface area contributed by atoms with Gasteiger partial charge in [0, 0.05) is 17.8 Å². The molecule has 0 saturated heterocycles. The van der Waals surface area contributed by atoms with Gasteiger partial charge in [-0.05, 0) is 42.5 Å². The molecule has 1 N–H and O–H groups in total. The Kier molecular flexibility index (Phi) is 5.25. The molecule has 4 rings (SSSR count). The number of sulfone groups is 1. The Bertz CT molecular complexity index is 1250. The van der Waals surface area contributed by atoms with Gasteiger partial charge in [0.2, 0.25) is 0 Å². The Morgan fingerprint density at radius 2 is 1.90 bits per heavy atom. The molecule has 0 aliphatic rings. The van der Waals surface area contributed by atoms with Crippen LogP contribution in [0.2, 0.25) is 0 Å². The molecule has 2 aromatic heterocycles. The number of ether oxygens (including phenoxy) is 1. The van der Waals surface area contributed by atoms with Gasteiger partial charge in [-0.2, -0.15) is 0 Å². The fourth-order valence-corrected chi connectivity index (χ4v) is 4.01. The second-order valence-corrected chi connectivity index (χ2v) is 8.93. The standard InChI is InChI=1S/C21H18ClN3O3S/c1-2-29(26,27)16-8-6-15(7-9-16)28-20-12-19-18(11-14(20)13-22)24-21(25-19)17-5-3-4-10-23-17/h3-12H,2,13H2,1H3,(H,24,25). The maximum absolute atomic E-state index is 12.0. The van der Waals surface area contributed by atoms with Crippen molar-refractivity contribution in [1.82, 2.24) is 15.0 Å². The van der Waals surface area contributed by atoms with Crippen LogP contribution in [0.25, 0.3) is 22.6 Å². The molecular weight excluding hydrogens is 410 g/mol. The van der Waals surface area contributed by atoms with E-state index >= 15 is 0 Å². The molecule has 4 aromatic rings. The molecule has 2 aromatic carbocycles. The maximum Gasteiger partial charge on any atom is 0.178 e. The topological polar surface area (TPSA) is 84.9 Å². The zero-order valence-electron chi connectivity index (χ0n) is 15.6. The second kappa shape index (κ2) is 7.85. The number of hydrogen-bond acceptors (Lipinski definition) is 5. The van der Waals surface area contributed by atoms with Gasteiger partial charge in [0.1, 0.15) is 17.2 Å². The zero-order valence-corrected chi connectivity index (χ0v) is 17.2. The smallest absolute Gasteiger partial charge is 0.178 e. The molecule has 8 heteroatoms. The third-order valence-corrected chi connectivity index (χ3v) is 6.54. The monoisotopic (exact) mass is 427 g/mol. The highest BCUT2D eigenvalue weighted by Gasteiger charge is 2.14. The molecule has 0 aliphatic heterocycles. The lowest BCUT2D eigenvalue weighted by Crippen LogP contribution is -2.03. The maximum atomic E-state index is 12.0. The van der Waals surface area contributed by atoms with E-state index in [4.69, 9.17) is 16.3 Å². The summed E-state index contributed by atoms with van der Waals surface area (Å²) in [5, 5.41) is 0. The quantitative estimate of drug-likeness (QED) is 0.440. The van der Waals surface area contributed by atoms with Gasteiger partial charge < -0.3 is 9.72 Å². The van der Waals surface area contributed by atoms with Crippen molar-refractivity contribution in [2.24, 2.45) is 0 Å². The summed E-state index contributed by atoms with van der Waals surface area (Å²) in [6.45, 7) is 1.62. The van der Waals surface area contributed by atoms with Crippen molar-refractivity contribution in [3.05, 3.63) is 66.4 Å². The Morgan fingerprint density at radius 3 is 2.55 bits per heavy atom. The number of nitrogens with zero attached hydrogens (tertiary/aromatic N) is 2. The highest BCUT2D eigenvalue weighted by atomic mass is 35.5. The highest BCUT2D eigenvalue weighted by Crippen LogP contribution is 2.32. The first-order valence-corrected chi connectivity index (χ1v) is 11.2. The zero-order chi connectivity index (χ0) is 20.4. The van der Waals surface area contributed by atoms with E-state index in [1.165, 1.54) is 0 Å². The van der Waals surface area contributed by atoms with Crippen LogP contribution in [0.4, 0.5) is 0 Å². The molecule has 29 heavy (non-hydrogen) atoms. The third kappa shape index (κ3) is 3.97. The summed E-state index contributed by atoms with van der Waals surface area (Å²) in [6, 6.07) is 15.7. The van der Waals surface area contributed by atoms with Crippen LogP contribution in [0.1, 0.15) is 12.5 Å². The fourth-order valence-electron chi connectivity index (χ4n) is 2.91. The number of rotatable bonds is 6. The predicted octanol–water partition coefficient (Wildman–Crippen LogP) is 4.95. The van der Waals surface area contributed by atoms with Gasteiger partial charge in [-0.15, -0.1) is 11.6 Å². The molecule has 0 saturated carbocycles. The van der Waals surface area contributed by atoms with E-state index in [-0.39, 0.29) is 16.5 Å². The molecule has 0 amide bonds. The van der Waals surface area contributed by atoms with Crippen LogP contribution in [0.15, 0.2) is 65.7 Å². The van der Waals surface area contributed by atoms with Crippen LogP contribution in [-0.2, 0) is 15.7 Å². The van der Waals surface area contributed by atoms with Crippen molar-refractivity contribution in [2.45, 2.75) is 17.7 Å². The fraction of sp³-hybridized carbons (Fsp3) is 0.143. The number of imidazole rings is 1. The average molecular weight is 428 g/mol. The molecule has 0 bridgehead atoms. The summed E-state index contributed by atoms with van der Waals surface area (Å²) in [5.41, 5.74) is 3.09. The number of alkyl halides is 1. The summed E-state index contributed by atoms with van der Waals surface area (Å²) in [7, 11) is -3.25. The molecule has 0 atom stereocenters. The largest absolute Gasteiger partial charge is 0.457 e. The predicted molar refractivity (Wildman–Crippen MR) is 113 cm³/mol. The van der Waals surface area contributed by atoms with Crippen LogP contribution >= 0.6 is 11.6 Å². The molecule has 2 heterocycles. The molecule has 0 unspecified atom stereocenters. The van der Waals surface area contributed by atoms with Crippen molar-refractivity contribution >= 4 is 32.5 Å². The van der Waals surface area contributed by atoms with Crippen molar-refractivity contribution in [3.8, 4) is 23.0 Å². The van der Waals surface area contributed by atoms with E-state index in [2.05, 4.69) is 15.0 Å². The number of fused-ring (bicyclic) bond motifs is 1. The summed E-state index contributed by atoms with van der Waals surface area (Å²) < 4.78 is 29.9. The van der Waals surface area contributed by atoms with Crippen LogP contribution in [0, 0.1) is 0 Å². The number of halogens is 1. The first-order chi connectivity index (χ1) is 14.0. The van der Waals surface area contributed by atoms with Gasteiger partial charge in [0.25, 0.3) is 0 Å². The number of benzene rings is 2. The highest BCUT2D eigenvalue weighted by molar-refractivity contribution is 7.91. The first-order valence-electron chi connectivity index (χ1n) is 9.01. The van der Waals surface area contributed by atoms with E-state index in [9.17, 15) is 8.42 Å². The number of nitrogens with one attached hydrogen (secondary N) is 1. The van der Waals surface area contributed by atoms with E-state index in [1.54, 1.807) is 37.4 Å². The lowest BCUT2D eigenvalue weighted by atomic mass is 10.2. The summed E-state index contributed by atoms with van der Waals surface area (Å²) in [4.78, 5) is 12.4. The van der Waals surface area contributed by atoms with E-state index in [0.717, 1.165) is 22.3 Å². The van der Waals surface area contributed by atoms with Crippen molar-refractivity contribution in [1.29, 1.82) is 0 Å². The van der Waals surface area contributed by atoms with E-state index in [0.29, 0.717) is 17.3 Å². The van der Waals surface area contributed by atoms with Gasteiger partial charge in [-0.3, -0.25) is 4.98 Å². The van der Waals surface area contributed by atoms with Crippen molar-refractivity contribution in [2.75, 3.05) is 5.75 Å². The number of aromatic nitrogens is 3. The number of pyridine rings is 1. The summed E-state index contributed by atoms with van der Waals surface area (Å²) in [6.07, 6.45) is 1.71. The molecular formula is C21H18ClN3O3S. The molecule has 0 aliphatic carbocycles. The molecule has 0 radical (unpaired) electrons. The number of hydrogen-bond donors (Lipinski definition) is 1. The van der Waals surface area contributed by atoms with Gasteiger partial charge >= 0.3 is 0 Å². The van der Waals surface area contributed by atoms with Crippen LogP contribution in [0.3, 0.4) is 0 Å². The normalized spacial score (nSPS) is 11.7. The number of aromatic amines is 1. The minimum Gasteiger partial charge on any atom is -0.457 e. The van der Waals surface area contributed by atoms with Gasteiger partial charge in [0.05, 0.1) is 27.6 Å². The molecule has 6 nitrogen and oxygen atoms in total.